The molecule has 0 saturated carbocycles. The van der Waals surface area contributed by atoms with Crippen LogP contribution < -0.4 is 5.32 Å². The van der Waals surface area contributed by atoms with E-state index in [1.54, 1.807) is 0 Å². The predicted molar refractivity (Wildman–Crippen MR) is 54.5 cm³/mol. The van der Waals surface area contributed by atoms with Gasteiger partial charge in [0.2, 0.25) is 11.8 Å². The Balaban J connectivity index is 2.05. The van der Waals surface area contributed by atoms with Crippen LogP contribution in [0.4, 0.5) is 0 Å². The van der Waals surface area contributed by atoms with Crippen LogP contribution >= 0.6 is 0 Å². The number of nitrogens with one attached hydrogen (secondary N) is 2. The highest BCUT2D eigenvalue weighted by Gasteiger charge is 2.33. The third-order valence-corrected chi connectivity index (χ3v) is 3.00. The smallest absolute Gasteiger partial charge is 0.249 e. The maximum Gasteiger partial charge on any atom is 0.249 e. The zero-order chi connectivity index (χ0) is 10.8. The summed E-state index contributed by atoms with van der Waals surface area (Å²) in [5.74, 6) is 0.105. The van der Waals surface area contributed by atoms with Gasteiger partial charge in [0, 0.05) is 19.4 Å². The van der Waals surface area contributed by atoms with Crippen LogP contribution in [-0.2, 0) is 9.59 Å². The minimum atomic E-state index is -0.296. The van der Waals surface area contributed by atoms with E-state index in [-0.39, 0.29) is 17.9 Å². The van der Waals surface area contributed by atoms with E-state index in [4.69, 9.17) is 5.41 Å². The Kier molecular flexibility index (Phi) is 2.70. The van der Waals surface area contributed by atoms with Crippen LogP contribution in [0.25, 0.3) is 0 Å². The number of carbonyl (C=O) groups excluding carboxylic acids is 2. The molecule has 15 heavy (non-hydrogen) atoms. The maximum atomic E-state index is 11.6. The van der Waals surface area contributed by atoms with Crippen molar-refractivity contribution in [3.63, 3.8) is 0 Å². The molecule has 0 aromatic carbocycles. The number of likely N-dealkylation sites (tertiary alicyclic amines) is 1. The van der Waals surface area contributed by atoms with Gasteiger partial charge in [-0.2, -0.15) is 0 Å². The second-order valence-electron chi connectivity index (χ2n) is 4.06. The Morgan fingerprint density at radius 2 is 2.07 bits per heavy atom. The number of hydrogen-bond donors (Lipinski definition) is 2. The molecule has 2 fully saturated rings. The number of amides is 2. The molecule has 0 aromatic heterocycles. The Hall–Kier alpha value is -1.39. The van der Waals surface area contributed by atoms with E-state index in [9.17, 15) is 9.59 Å². The van der Waals surface area contributed by atoms with Gasteiger partial charge in [0.05, 0.1) is 5.84 Å². The lowest BCUT2D eigenvalue weighted by molar-refractivity contribution is -0.136. The lowest BCUT2D eigenvalue weighted by Crippen LogP contribution is -2.55. The number of hydrogen-bond acceptors (Lipinski definition) is 3. The highest BCUT2D eigenvalue weighted by atomic mass is 16.2. The Labute approximate surface area is 88.3 Å². The highest BCUT2D eigenvalue weighted by Crippen LogP contribution is 2.19. The van der Waals surface area contributed by atoms with Gasteiger partial charge in [0.1, 0.15) is 6.04 Å². The van der Waals surface area contributed by atoms with E-state index >= 15 is 0 Å². The third kappa shape index (κ3) is 2.00. The van der Waals surface area contributed by atoms with Crippen molar-refractivity contribution in [3.05, 3.63) is 0 Å². The lowest BCUT2D eigenvalue weighted by Gasteiger charge is -2.37. The van der Waals surface area contributed by atoms with Crippen LogP contribution in [0.15, 0.2) is 0 Å². The van der Waals surface area contributed by atoms with Gasteiger partial charge in [-0.15, -0.1) is 0 Å². The number of imide groups is 1. The van der Waals surface area contributed by atoms with Crippen molar-refractivity contribution in [2.45, 2.75) is 38.1 Å². The second-order valence-corrected chi connectivity index (χ2v) is 4.06. The van der Waals surface area contributed by atoms with E-state index in [0.29, 0.717) is 18.7 Å². The molecule has 5 heteroatoms. The van der Waals surface area contributed by atoms with Crippen molar-refractivity contribution in [2.75, 3.05) is 6.54 Å². The first kappa shape index (κ1) is 10.1. The molecule has 2 rings (SSSR count). The quantitative estimate of drug-likeness (QED) is 0.608. The Bertz CT molecular complexity index is 314. The highest BCUT2D eigenvalue weighted by molar-refractivity contribution is 6.01. The average Bonchev–Trinajstić information content (AvgIpc) is 2.20. The molecule has 1 unspecified atom stereocenters. The predicted octanol–water partition coefficient (Wildman–Crippen LogP) is 0.255. The summed E-state index contributed by atoms with van der Waals surface area (Å²) in [6, 6.07) is -0.296. The molecule has 1 atom stereocenters. The zero-order valence-electron chi connectivity index (χ0n) is 8.58. The Morgan fingerprint density at radius 1 is 1.27 bits per heavy atom. The zero-order valence-corrected chi connectivity index (χ0v) is 8.58. The summed E-state index contributed by atoms with van der Waals surface area (Å²) < 4.78 is 0. The van der Waals surface area contributed by atoms with Gasteiger partial charge >= 0.3 is 0 Å². The van der Waals surface area contributed by atoms with Crippen LogP contribution in [0.3, 0.4) is 0 Å². The summed E-state index contributed by atoms with van der Waals surface area (Å²) >= 11 is 0. The fraction of sp³-hybridized carbons (Fsp3) is 0.700. The lowest BCUT2D eigenvalue weighted by atomic mass is 10.0. The number of carbonyl (C=O) groups is 2. The molecule has 2 amide bonds. The molecule has 2 heterocycles. The third-order valence-electron chi connectivity index (χ3n) is 3.00. The normalized spacial score (nSPS) is 27.9. The standard InChI is InChI=1S/C10H15N3O2/c11-8-3-1-2-6-13(8)7-4-5-9(14)12-10(7)15/h7,11H,1-6H2,(H,12,14,15). The van der Waals surface area contributed by atoms with Crippen LogP contribution in [0.1, 0.15) is 32.1 Å². The second kappa shape index (κ2) is 4.00. The molecule has 0 bridgehead atoms. The van der Waals surface area contributed by atoms with Crippen molar-refractivity contribution in [3.8, 4) is 0 Å². The first-order valence-electron chi connectivity index (χ1n) is 5.36. The summed E-state index contributed by atoms with van der Waals surface area (Å²) in [5.41, 5.74) is 0. The van der Waals surface area contributed by atoms with Crippen LogP contribution in [0.2, 0.25) is 0 Å². The van der Waals surface area contributed by atoms with E-state index in [1.165, 1.54) is 0 Å². The maximum absolute atomic E-state index is 11.6. The van der Waals surface area contributed by atoms with E-state index in [1.807, 2.05) is 4.90 Å². The minimum absolute atomic E-state index is 0.195. The molecule has 0 aliphatic carbocycles. The number of amidine groups is 1. The van der Waals surface area contributed by atoms with Gasteiger partial charge in [0.15, 0.2) is 0 Å². The van der Waals surface area contributed by atoms with E-state index in [2.05, 4.69) is 5.32 Å². The average molecular weight is 209 g/mol. The fourth-order valence-corrected chi connectivity index (χ4v) is 2.18. The largest absolute Gasteiger partial charge is 0.348 e. The molecule has 0 aromatic rings. The molecule has 0 spiro atoms. The van der Waals surface area contributed by atoms with E-state index < -0.39 is 0 Å². The van der Waals surface area contributed by atoms with Crippen molar-refractivity contribution in [2.24, 2.45) is 0 Å². The monoisotopic (exact) mass is 209 g/mol. The first-order valence-corrected chi connectivity index (χ1v) is 5.36. The van der Waals surface area contributed by atoms with Crippen molar-refractivity contribution >= 4 is 17.6 Å². The molecule has 82 valence electrons. The van der Waals surface area contributed by atoms with Crippen LogP contribution in [0, 0.1) is 5.41 Å². The number of nitrogens with zero attached hydrogens (tertiary/aromatic N) is 1. The van der Waals surface area contributed by atoms with Crippen molar-refractivity contribution in [1.82, 2.24) is 10.2 Å². The SMILES string of the molecule is N=C1CCCCN1C1CCC(=O)NC1=O. The topological polar surface area (TPSA) is 73.3 Å². The van der Waals surface area contributed by atoms with Crippen molar-refractivity contribution < 1.29 is 9.59 Å². The number of rotatable bonds is 1. The summed E-state index contributed by atoms with van der Waals surface area (Å²) in [4.78, 5) is 24.4. The molecule has 2 aliphatic heterocycles. The van der Waals surface area contributed by atoms with Gasteiger partial charge in [-0.25, -0.2) is 0 Å². The molecule has 5 nitrogen and oxygen atoms in total. The van der Waals surface area contributed by atoms with Gasteiger partial charge in [0.25, 0.3) is 0 Å². The molecular weight excluding hydrogens is 194 g/mol. The summed E-state index contributed by atoms with van der Waals surface area (Å²) in [6.45, 7) is 0.769. The first-order chi connectivity index (χ1) is 7.18. The Morgan fingerprint density at radius 3 is 2.73 bits per heavy atom. The molecule has 0 radical (unpaired) electrons. The van der Waals surface area contributed by atoms with Gasteiger partial charge in [-0.1, -0.05) is 0 Å². The van der Waals surface area contributed by atoms with Crippen molar-refractivity contribution in [1.29, 1.82) is 5.41 Å². The van der Waals surface area contributed by atoms with E-state index in [0.717, 1.165) is 25.8 Å². The van der Waals surface area contributed by atoms with Gasteiger partial charge in [-0.05, 0) is 19.3 Å². The molecule has 2 saturated heterocycles. The molecular formula is C10H15N3O2. The summed E-state index contributed by atoms with van der Waals surface area (Å²) in [7, 11) is 0. The number of piperidine rings is 2. The van der Waals surface area contributed by atoms with Crippen LogP contribution in [-0.4, -0.2) is 35.1 Å². The minimum Gasteiger partial charge on any atom is -0.348 e. The molecule has 2 N–H and O–H groups in total. The van der Waals surface area contributed by atoms with Gasteiger partial charge in [-0.3, -0.25) is 20.3 Å². The fourth-order valence-electron chi connectivity index (χ4n) is 2.18. The van der Waals surface area contributed by atoms with Gasteiger partial charge < -0.3 is 4.90 Å². The van der Waals surface area contributed by atoms with Crippen LogP contribution in [0.5, 0.6) is 0 Å². The molecule has 2 aliphatic rings. The summed E-state index contributed by atoms with van der Waals surface area (Å²) in [6.07, 6.45) is 3.74. The summed E-state index contributed by atoms with van der Waals surface area (Å²) in [5, 5.41) is 10.1.